The maximum Gasteiger partial charge on any atom is 0.219 e. The van der Waals surface area contributed by atoms with Crippen LogP contribution in [0.15, 0.2) is 10.8 Å². The number of amides is 1. The summed E-state index contributed by atoms with van der Waals surface area (Å²) in [5.41, 5.74) is 2.51. The van der Waals surface area contributed by atoms with Crippen LogP contribution in [0.1, 0.15) is 6.92 Å². The number of anilines is 2. The number of rotatable bonds is 2. The number of carbonyl (C=O) groups is 1. The second-order valence-electron chi connectivity index (χ2n) is 4.00. The van der Waals surface area contributed by atoms with E-state index in [9.17, 15) is 4.79 Å². The number of hydrogen-bond donors (Lipinski definition) is 2. The number of hydrogen-bond acceptors (Lipinski definition) is 6. The van der Waals surface area contributed by atoms with Crippen molar-refractivity contribution in [2.75, 3.05) is 36.5 Å². The van der Waals surface area contributed by atoms with Crippen molar-refractivity contribution in [3.8, 4) is 0 Å². The number of carbonyl (C=O) groups excluding carboxylic acids is 1. The van der Waals surface area contributed by atoms with Crippen molar-refractivity contribution < 1.29 is 4.79 Å². The first kappa shape index (κ1) is 13.0. The summed E-state index contributed by atoms with van der Waals surface area (Å²) in [7, 11) is 0. The molecule has 8 heteroatoms. The van der Waals surface area contributed by atoms with Gasteiger partial charge in [-0.3, -0.25) is 4.79 Å². The molecule has 18 heavy (non-hydrogen) atoms. The molecule has 7 nitrogen and oxygen atoms in total. The van der Waals surface area contributed by atoms with Crippen LogP contribution in [-0.4, -0.2) is 47.0 Å². The quantitative estimate of drug-likeness (QED) is 0.598. The van der Waals surface area contributed by atoms with Crippen molar-refractivity contribution in [1.29, 1.82) is 0 Å². The van der Waals surface area contributed by atoms with Crippen LogP contribution in [-0.2, 0) is 4.79 Å². The van der Waals surface area contributed by atoms with Crippen LogP contribution in [0.4, 0.5) is 11.6 Å². The van der Waals surface area contributed by atoms with Crippen molar-refractivity contribution in [3.05, 3.63) is 10.8 Å². The fourth-order valence-electron chi connectivity index (χ4n) is 1.91. The zero-order chi connectivity index (χ0) is 13.1. The molecule has 0 radical (unpaired) electrons. The minimum absolute atomic E-state index is 0.112. The molecule has 0 spiro atoms. The molecule has 0 bridgehead atoms. The van der Waals surface area contributed by atoms with Gasteiger partial charge in [0, 0.05) is 33.1 Å². The molecule has 2 rings (SSSR count). The van der Waals surface area contributed by atoms with Gasteiger partial charge in [-0.15, -0.1) is 0 Å². The summed E-state index contributed by atoms with van der Waals surface area (Å²) in [4.78, 5) is 23.4. The predicted molar refractivity (Wildman–Crippen MR) is 72.0 cm³/mol. The third-order valence-electron chi connectivity index (χ3n) is 2.93. The largest absolute Gasteiger partial charge is 0.352 e. The van der Waals surface area contributed by atoms with E-state index in [-0.39, 0.29) is 5.91 Å². The average Bonchev–Trinajstić information content (AvgIpc) is 2.39. The Hall–Kier alpha value is -1.41. The zero-order valence-corrected chi connectivity index (χ0v) is 11.6. The molecule has 1 aliphatic rings. The van der Waals surface area contributed by atoms with Crippen LogP contribution in [0.25, 0.3) is 0 Å². The first-order valence-corrected chi connectivity index (χ1v) is 6.40. The second-order valence-corrected chi connectivity index (χ2v) is 4.79. The highest BCUT2D eigenvalue weighted by Crippen LogP contribution is 2.29. The minimum Gasteiger partial charge on any atom is -0.352 e. The highest BCUT2D eigenvalue weighted by Gasteiger charge is 2.22. The number of aromatic nitrogens is 2. The van der Waals surface area contributed by atoms with Gasteiger partial charge in [0.2, 0.25) is 5.91 Å². The molecule has 1 saturated heterocycles. The first-order chi connectivity index (χ1) is 8.63. The lowest BCUT2D eigenvalue weighted by Crippen LogP contribution is -2.48. The van der Waals surface area contributed by atoms with E-state index in [0.717, 1.165) is 23.4 Å². The minimum atomic E-state index is 0.112. The maximum absolute atomic E-state index is 11.3. The number of nitrogens with one attached hydrogen (secondary N) is 1. The molecule has 98 valence electrons. The van der Waals surface area contributed by atoms with E-state index >= 15 is 0 Å². The van der Waals surface area contributed by atoms with Gasteiger partial charge in [-0.2, -0.15) is 0 Å². The fraction of sp³-hybridized carbons (Fsp3) is 0.500. The van der Waals surface area contributed by atoms with Crippen molar-refractivity contribution in [1.82, 2.24) is 14.9 Å². The van der Waals surface area contributed by atoms with Gasteiger partial charge in [-0.05, 0) is 15.9 Å². The lowest BCUT2D eigenvalue weighted by molar-refractivity contribution is -0.129. The van der Waals surface area contributed by atoms with Gasteiger partial charge in [-0.25, -0.2) is 15.8 Å². The van der Waals surface area contributed by atoms with Crippen LogP contribution in [0, 0.1) is 0 Å². The highest BCUT2D eigenvalue weighted by molar-refractivity contribution is 9.10. The number of piperazine rings is 1. The summed E-state index contributed by atoms with van der Waals surface area (Å²) < 4.78 is 0.740. The summed E-state index contributed by atoms with van der Waals surface area (Å²) in [5.74, 6) is 6.82. The van der Waals surface area contributed by atoms with E-state index in [2.05, 4.69) is 36.2 Å². The molecule has 0 aromatic carbocycles. The number of halogens is 1. The first-order valence-electron chi connectivity index (χ1n) is 5.61. The van der Waals surface area contributed by atoms with Gasteiger partial charge >= 0.3 is 0 Å². The molecule has 0 atom stereocenters. The maximum atomic E-state index is 11.3. The number of nitrogens with zero attached hydrogens (tertiary/aromatic N) is 4. The Labute approximate surface area is 113 Å². The summed E-state index contributed by atoms with van der Waals surface area (Å²) in [6, 6.07) is 0. The van der Waals surface area contributed by atoms with Crippen molar-refractivity contribution in [3.63, 3.8) is 0 Å². The summed E-state index contributed by atoms with van der Waals surface area (Å²) in [6.07, 6.45) is 1.46. The molecule has 1 aromatic heterocycles. The zero-order valence-electron chi connectivity index (χ0n) is 10.1. The Morgan fingerprint density at radius 3 is 2.61 bits per heavy atom. The van der Waals surface area contributed by atoms with E-state index < -0.39 is 0 Å². The monoisotopic (exact) mass is 314 g/mol. The Balaban J connectivity index is 2.12. The molecular weight excluding hydrogens is 300 g/mol. The van der Waals surface area contributed by atoms with Crippen LogP contribution in [0.3, 0.4) is 0 Å². The third-order valence-corrected chi connectivity index (χ3v) is 3.66. The molecule has 2 heterocycles. The molecule has 1 aromatic rings. The summed E-state index contributed by atoms with van der Waals surface area (Å²) in [5, 5.41) is 0. The number of nitrogens with two attached hydrogens (primary N) is 1. The highest BCUT2D eigenvalue weighted by atomic mass is 79.9. The lowest BCUT2D eigenvalue weighted by atomic mass is 10.3. The van der Waals surface area contributed by atoms with Crippen LogP contribution in [0.2, 0.25) is 0 Å². The van der Waals surface area contributed by atoms with Gasteiger partial charge in [0.15, 0.2) is 5.82 Å². The SMILES string of the molecule is CC(=O)N1CCN(c2ncnc(NN)c2Br)CC1. The van der Waals surface area contributed by atoms with Gasteiger partial charge in [0.1, 0.15) is 16.6 Å². The topological polar surface area (TPSA) is 87.4 Å². The summed E-state index contributed by atoms with van der Waals surface area (Å²) in [6.45, 7) is 4.50. The smallest absolute Gasteiger partial charge is 0.219 e. The van der Waals surface area contributed by atoms with Gasteiger partial charge < -0.3 is 15.2 Å². The molecule has 0 unspecified atom stereocenters. The van der Waals surface area contributed by atoms with Gasteiger partial charge in [0.05, 0.1) is 0 Å². The normalized spacial score (nSPS) is 15.7. The Morgan fingerprint density at radius 2 is 2.06 bits per heavy atom. The van der Waals surface area contributed by atoms with Crippen LogP contribution < -0.4 is 16.2 Å². The standard InChI is InChI=1S/C10H15BrN6O/c1-7(18)16-2-4-17(5-3-16)10-8(11)9(15-12)13-6-14-10/h6H,2-5,12H2,1H3,(H,13,14,15). The predicted octanol–water partition coefficient (Wildman–Crippen LogP) is 0.193. The number of nitrogen functional groups attached to an aromatic ring is 1. The van der Waals surface area contributed by atoms with Crippen molar-refractivity contribution in [2.24, 2.45) is 5.84 Å². The molecular formula is C10H15BrN6O. The van der Waals surface area contributed by atoms with E-state index in [1.807, 2.05) is 4.90 Å². The van der Waals surface area contributed by atoms with Crippen molar-refractivity contribution >= 4 is 33.5 Å². The second kappa shape index (κ2) is 5.49. The Bertz CT molecular complexity index is 446. The molecule has 1 amide bonds. The van der Waals surface area contributed by atoms with Crippen LogP contribution >= 0.6 is 15.9 Å². The fourth-order valence-corrected chi connectivity index (χ4v) is 2.48. The molecule has 3 N–H and O–H groups in total. The lowest BCUT2D eigenvalue weighted by Gasteiger charge is -2.35. The van der Waals surface area contributed by atoms with Gasteiger partial charge in [-0.1, -0.05) is 0 Å². The summed E-state index contributed by atoms with van der Waals surface area (Å²) >= 11 is 3.43. The van der Waals surface area contributed by atoms with Crippen molar-refractivity contribution in [2.45, 2.75) is 6.92 Å². The van der Waals surface area contributed by atoms with E-state index in [1.54, 1.807) is 6.92 Å². The van der Waals surface area contributed by atoms with E-state index in [0.29, 0.717) is 18.9 Å². The Kier molecular flexibility index (Phi) is 3.97. The molecule has 1 fully saturated rings. The van der Waals surface area contributed by atoms with E-state index in [1.165, 1.54) is 6.33 Å². The Morgan fingerprint density at radius 1 is 1.39 bits per heavy atom. The number of hydrazine groups is 1. The third kappa shape index (κ3) is 2.54. The average molecular weight is 315 g/mol. The molecule has 0 aliphatic carbocycles. The molecule has 1 aliphatic heterocycles. The van der Waals surface area contributed by atoms with Crippen LogP contribution in [0.5, 0.6) is 0 Å². The van der Waals surface area contributed by atoms with E-state index in [4.69, 9.17) is 5.84 Å². The van der Waals surface area contributed by atoms with Gasteiger partial charge in [0.25, 0.3) is 0 Å². The molecule has 0 saturated carbocycles.